The van der Waals surface area contributed by atoms with Crippen LogP contribution < -0.4 is 10.5 Å². The molecular formula is C17H22N6O2. The lowest BCUT2D eigenvalue weighted by Crippen LogP contribution is -2.38. The van der Waals surface area contributed by atoms with Crippen molar-refractivity contribution in [2.45, 2.75) is 32.9 Å². The SMILES string of the molecule is CCCn1nc(C(=O)N2CCc3nnc(N(C)C)cc3C2)ccc1=O. The molecule has 25 heavy (non-hydrogen) atoms. The number of carbonyl (C=O) groups is 1. The van der Waals surface area contributed by atoms with Gasteiger partial charge in [0.25, 0.3) is 11.5 Å². The number of hydrogen-bond donors (Lipinski definition) is 0. The number of hydrogen-bond acceptors (Lipinski definition) is 6. The predicted molar refractivity (Wildman–Crippen MR) is 93.6 cm³/mol. The highest BCUT2D eigenvalue weighted by atomic mass is 16.2. The number of aryl methyl sites for hydroxylation is 1. The summed E-state index contributed by atoms with van der Waals surface area (Å²) in [5.74, 6) is 0.599. The van der Waals surface area contributed by atoms with Gasteiger partial charge >= 0.3 is 0 Å². The van der Waals surface area contributed by atoms with Crippen molar-refractivity contribution in [3.8, 4) is 0 Å². The van der Waals surface area contributed by atoms with Crippen molar-refractivity contribution in [2.24, 2.45) is 0 Å². The van der Waals surface area contributed by atoms with Crippen LogP contribution in [0.3, 0.4) is 0 Å². The summed E-state index contributed by atoms with van der Waals surface area (Å²) in [4.78, 5) is 28.2. The third-order valence-corrected chi connectivity index (χ3v) is 4.19. The Hall–Kier alpha value is -2.77. The molecule has 0 unspecified atom stereocenters. The molecule has 0 radical (unpaired) electrons. The van der Waals surface area contributed by atoms with Crippen molar-refractivity contribution in [1.29, 1.82) is 0 Å². The maximum absolute atomic E-state index is 12.8. The first kappa shape index (κ1) is 17.1. The fourth-order valence-corrected chi connectivity index (χ4v) is 2.81. The monoisotopic (exact) mass is 342 g/mol. The van der Waals surface area contributed by atoms with Gasteiger partial charge in [-0.05, 0) is 24.1 Å². The van der Waals surface area contributed by atoms with Gasteiger partial charge in [0.05, 0.1) is 5.69 Å². The van der Waals surface area contributed by atoms with Crippen LogP contribution in [0, 0.1) is 0 Å². The Balaban J connectivity index is 1.84. The molecule has 0 aromatic carbocycles. The molecule has 3 rings (SSSR count). The fourth-order valence-electron chi connectivity index (χ4n) is 2.81. The molecule has 132 valence electrons. The average molecular weight is 342 g/mol. The molecule has 1 aliphatic rings. The predicted octanol–water partition coefficient (Wildman–Crippen LogP) is 0.708. The topological polar surface area (TPSA) is 84.2 Å². The number of nitrogens with zero attached hydrogens (tertiary/aromatic N) is 6. The first-order valence-electron chi connectivity index (χ1n) is 8.40. The fraction of sp³-hybridized carbons (Fsp3) is 0.471. The molecule has 0 spiro atoms. The zero-order chi connectivity index (χ0) is 18.0. The highest BCUT2D eigenvalue weighted by molar-refractivity contribution is 5.92. The maximum Gasteiger partial charge on any atom is 0.274 e. The summed E-state index contributed by atoms with van der Waals surface area (Å²) in [7, 11) is 3.81. The molecule has 1 aliphatic heterocycles. The van der Waals surface area contributed by atoms with Crippen LogP contribution in [-0.2, 0) is 19.5 Å². The molecule has 0 bridgehead atoms. The summed E-state index contributed by atoms with van der Waals surface area (Å²) in [5, 5.41) is 12.7. The molecule has 0 fully saturated rings. The standard InChI is InChI=1S/C17H22N6O2/c1-4-8-23-16(24)6-5-14(20-23)17(25)22-9-7-13-12(11-22)10-15(19-18-13)21(2)3/h5-6,10H,4,7-9,11H2,1-3H3. The van der Waals surface area contributed by atoms with E-state index in [1.54, 1.807) is 4.90 Å². The van der Waals surface area contributed by atoms with Gasteiger partial charge in [0.2, 0.25) is 0 Å². The van der Waals surface area contributed by atoms with Crippen LogP contribution >= 0.6 is 0 Å². The van der Waals surface area contributed by atoms with Gasteiger partial charge in [0, 0.05) is 46.2 Å². The van der Waals surface area contributed by atoms with E-state index in [-0.39, 0.29) is 11.5 Å². The Morgan fingerprint density at radius 2 is 2.08 bits per heavy atom. The van der Waals surface area contributed by atoms with E-state index in [4.69, 9.17) is 0 Å². The second-order valence-electron chi connectivity index (χ2n) is 6.33. The van der Waals surface area contributed by atoms with E-state index < -0.39 is 0 Å². The normalized spacial score (nSPS) is 13.5. The molecule has 8 heteroatoms. The van der Waals surface area contributed by atoms with E-state index in [2.05, 4.69) is 15.3 Å². The molecule has 3 heterocycles. The molecule has 1 amide bonds. The van der Waals surface area contributed by atoms with Gasteiger partial charge in [-0.2, -0.15) is 10.2 Å². The Bertz CT molecular complexity index is 845. The van der Waals surface area contributed by atoms with E-state index in [1.165, 1.54) is 16.8 Å². The highest BCUT2D eigenvalue weighted by Gasteiger charge is 2.24. The van der Waals surface area contributed by atoms with Gasteiger partial charge in [0.15, 0.2) is 5.82 Å². The molecule has 0 atom stereocenters. The lowest BCUT2D eigenvalue weighted by molar-refractivity contribution is 0.0724. The first-order chi connectivity index (χ1) is 12.0. The average Bonchev–Trinajstić information content (AvgIpc) is 2.62. The number of amides is 1. The van der Waals surface area contributed by atoms with E-state index >= 15 is 0 Å². The minimum Gasteiger partial charge on any atom is -0.361 e. The zero-order valence-electron chi connectivity index (χ0n) is 14.8. The van der Waals surface area contributed by atoms with Gasteiger partial charge in [-0.1, -0.05) is 6.92 Å². The van der Waals surface area contributed by atoms with Crippen LogP contribution in [-0.4, -0.2) is 51.4 Å². The van der Waals surface area contributed by atoms with Crippen molar-refractivity contribution in [2.75, 3.05) is 25.5 Å². The smallest absolute Gasteiger partial charge is 0.274 e. The zero-order valence-corrected chi connectivity index (χ0v) is 14.8. The van der Waals surface area contributed by atoms with Gasteiger partial charge in [-0.3, -0.25) is 9.59 Å². The minimum absolute atomic E-state index is 0.168. The van der Waals surface area contributed by atoms with Crippen LogP contribution in [0.15, 0.2) is 23.0 Å². The number of aromatic nitrogens is 4. The first-order valence-corrected chi connectivity index (χ1v) is 8.40. The molecule has 0 saturated heterocycles. The van der Waals surface area contributed by atoms with Crippen LogP contribution in [0.4, 0.5) is 5.82 Å². The van der Waals surface area contributed by atoms with E-state index in [9.17, 15) is 9.59 Å². The third kappa shape index (κ3) is 3.52. The number of anilines is 1. The van der Waals surface area contributed by atoms with Gasteiger partial charge < -0.3 is 9.80 Å². The number of fused-ring (bicyclic) bond motifs is 1. The van der Waals surface area contributed by atoms with E-state index in [0.29, 0.717) is 31.7 Å². The molecular weight excluding hydrogens is 320 g/mol. The molecule has 2 aromatic rings. The molecule has 8 nitrogen and oxygen atoms in total. The lowest BCUT2D eigenvalue weighted by Gasteiger charge is -2.28. The third-order valence-electron chi connectivity index (χ3n) is 4.19. The van der Waals surface area contributed by atoms with Gasteiger partial charge in [-0.15, -0.1) is 5.10 Å². The summed E-state index contributed by atoms with van der Waals surface area (Å²) in [6.07, 6.45) is 1.45. The number of carbonyl (C=O) groups excluding carboxylic acids is 1. The van der Waals surface area contributed by atoms with Crippen molar-refractivity contribution >= 4 is 11.7 Å². The van der Waals surface area contributed by atoms with Crippen molar-refractivity contribution in [3.63, 3.8) is 0 Å². The van der Waals surface area contributed by atoms with Crippen LogP contribution in [0.25, 0.3) is 0 Å². The Morgan fingerprint density at radius 3 is 2.80 bits per heavy atom. The van der Waals surface area contributed by atoms with Crippen LogP contribution in [0.5, 0.6) is 0 Å². The lowest BCUT2D eigenvalue weighted by atomic mass is 10.1. The molecule has 2 aromatic heterocycles. The van der Waals surface area contributed by atoms with Crippen LogP contribution in [0.1, 0.15) is 35.1 Å². The van der Waals surface area contributed by atoms with Gasteiger partial charge in [-0.25, -0.2) is 4.68 Å². The largest absolute Gasteiger partial charge is 0.361 e. The highest BCUT2D eigenvalue weighted by Crippen LogP contribution is 2.20. The Kier molecular flexibility index (Phi) is 4.78. The van der Waals surface area contributed by atoms with Crippen molar-refractivity contribution < 1.29 is 4.79 Å². The Morgan fingerprint density at radius 1 is 1.28 bits per heavy atom. The maximum atomic E-state index is 12.8. The van der Waals surface area contributed by atoms with E-state index in [1.807, 2.05) is 32.0 Å². The van der Waals surface area contributed by atoms with Gasteiger partial charge in [0.1, 0.15) is 5.69 Å². The number of rotatable bonds is 4. The Labute approximate surface area is 146 Å². The van der Waals surface area contributed by atoms with Crippen molar-refractivity contribution in [1.82, 2.24) is 24.9 Å². The second kappa shape index (κ2) is 7.00. The van der Waals surface area contributed by atoms with Crippen molar-refractivity contribution in [3.05, 3.63) is 45.5 Å². The second-order valence-corrected chi connectivity index (χ2v) is 6.33. The van der Waals surface area contributed by atoms with Crippen LogP contribution in [0.2, 0.25) is 0 Å². The molecule has 0 N–H and O–H groups in total. The summed E-state index contributed by atoms with van der Waals surface area (Å²) < 4.78 is 1.35. The molecule has 0 aliphatic carbocycles. The summed E-state index contributed by atoms with van der Waals surface area (Å²) in [5.41, 5.74) is 2.04. The summed E-state index contributed by atoms with van der Waals surface area (Å²) in [6.45, 7) is 3.51. The molecule has 0 saturated carbocycles. The summed E-state index contributed by atoms with van der Waals surface area (Å²) in [6, 6.07) is 4.87. The summed E-state index contributed by atoms with van der Waals surface area (Å²) >= 11 is 0. The quantitative estimate of drug-likeness (QED) is 0.813. The minimum atomic E-state index is -0.187. The van der Waals surface area contributed by atoms with E-state index in [0.717, 1.165) is 23.5 Å².